The minimum absolute atomic E-state index is 0.240. The van der Waals surface area contributed by atoms with E-state index in [1.165, 1.54) is 0 Å². The second-order valence-electron chi connectivity index (χ2n) is 4.75. The zero-order valence-electron chi connectivity index (χ0n) is 10.2. The molecule has 1 aliphatic rings. The van der Waals surface area contributed by atoms with Crippen molar-refractivity contribution in [2.75, 3.05) is 11.9 Å². The van der Waals surface area contributed by atoms with E-state index in [1.54, 1.807) is 12.1 Å². The first-order chi connectivity index (χ1) is 8.65. The van der Waals surface area contributed by atoms with Gasteiger partial charge in [0, 0.05) is 6.54 Å². The van der Waals surface area contributed by atoms with Crippen LogP contribution < -0.4 is 16.4 Å². The highest BCUT2D eigenvalue weighted by atomic mass is 35.5. The third-order valence-electron chi connectivity index (χ3n) is 3.45. The van der Waals surface area contributed by atoms with Crippen molar-refractivity contribution in [3.63, 3.8) is 0 Å². The summed E-state index contributed by atoms with van der Waals surface area (Å²) in [5, 5.41) is 6.27. The number of nitrogens with one attached hydrogen (secondary N) is 2. The molecule has 1 fully saturated rings. The van der Waals surface area contributed by atoms with E-state index in [0.29, 0.717) is 17.3 Å². The van der Waals surface area contributed by atoms with E-state index in [9.17, 15) is 4.79 Å². The van der Waals surface area contributed by atoms with Gasteiger partial charge < -0.3 is 16.4 Å². The van der Waals surface area contributed by atoms with E-state index in [4.69, 9.17) is 17.3 Å². The summed E-state index contributed by atoms with van der Waals surface area (Å²) in [6, 6.07) is 6.92. The molecule has 0 aromatic heterocycles. The smallest absolute Gasteiger partial charge is 0.319 e. The molecule has 1 saturated carbocycles. The van der Waals surface area contributed by atoms with Crippen LogP contribution in [0, 0.1) is 0 Å². The summed E-state index contributed by atoms with van der Waals surface area (Å²) in [6.07, 6.45) is 4.12. The fraction of sp³-hybridized carbons (Fsp3) is 0.462. The van der Waals surface area contributed by atoms with Crippen molar-refractivity contribution < 1.29 is 4.79 Å². The molecule has 98 valence electrons. The standard InChI is InChI=1S/C13H18ClN3O/c14-10-5-1-2-6-11(10)16-12(18)17-13(9-15)7-3-4-8-13/h1-2,5-6H,3-4,7-9,15H2,(H2,16,17,18). The first-order valence-electron chi connectivity index (χ1n) is 6.19. The Morgan fingerprint density at radius 3 is 2.61 bits per heavy atom. The Kier molecular flexibility index (Phi) is 4.09. The molecule has 0 radical (unpaired) electrons. The Bertz CT molecular complexity index is 430. The molecular formula is C13H18ClN3O. The van der Waals surface area contributed by atoms with Gasteiger partial charge in [-0.15, -0.1) is 0 Å². The highest BCUT2D eigenvalue weighted by molar-refractivity contribution is 6.33. The number of carbonyl (C=O) groups excluding carboxylic acids is 1. The molecule has 18 heavy (non-hydrogen) atoms. The highest BCUT2D eigenvalue weighted by Crippen LogP contribution is 2.29. The number of anilines is 1. The molecule has 0 unspecified atom stereocenters. The predicted molar refractivity (Wildman–Crippen MR) is 73.9 cm³/mol. The molecule has 0 aliphatic heterocycles. The number of hydrogen-bond acceptors (Lipinski definition) is 2. The van der Waals surface area contributed by atoms with Gasteiger partial charge in [-0.2, -0.15) is 0 Å². The Balaban J connectivity index is 1.98. The van der Waals surface area contributed by atoms with Crippen LogP contribution in [-0.4, -0.2) is 18.1 Å². The molecule has 4 N–H and O–H groups in total. The van der Waals surface area contributed by atoms with E-state index >= 15 is 0 Å². The first-order valence-corrected chi connectivity index (χ1v) is 6.57. The molecule has 0 atom stereocenters. The zero-order chi connectivity index (χ0) is 13.0. The van der Waals surface area contributed by atoms with Gasteiger partial charge >= 0.3 is 6.03 Å². The molecule has 1 aliphatic carbocycles. The van der Waals surface area contributed by atoms with Crippen LogP contribution in [0.5, 0.6) is 0 Å². The molecule has 0 heterocycles. The predicted octanol–water partition coefficient (Wildman–Crippen LogP) is 2.73. The van der Waals surface area contributed by atoms with Gasteiger partial charge in [-0.05, 0) is 25.0 Å². The minimum Gasteiger partial charge on any atom is -0.331 e. The fourth-order valence-corrected chi connectivity index (χ4v) is 2.57. The maximum Gasteiger partial charge on any atom is 0.319 e. The lowest BCUT2D eigenvalue weighted by atomic mass is 9.98. The zero-order valence-corrected chi connectivity index (χ0v) is 11.0. The Labute approximate surface area is 112 Å². The number of rotatable bonds is 3. The molecule has 0 saturated heterocycles. The number of benzene rings is 1. The summed E-state index contributed by atoms with van der Waals surface area (Å²) >= 11 is 5.99. The summed E-state index contributed by atoms with van der Waals surface area (Å²) in [6.45, 7) is 0.475. The molecule has 4 nitrogen and oxygen atoms in total. The number of halogens is 1. The van der Waals surface area contributed by atoms with Crippen molar-refractivity contribution in [1.29, 1.82) is 0 Å². The van der Waals surface area contributed by atoms with Crippen LogP contribution in [0.25, 0.3) is 0 Å². The number of hydrogen-bond donors (Lipinski definition) is 3. The molecular weight excluding hydrogens is 250 g/mol. The molecule has 1 aromatic carbocycles. The van der Waals surface area contributed by atoms with Crippen molar-refractivity contribution in [2.45, 2.75) is 31.2 Å². The van der Waals surface area contributed by atoms with Gasteiger partial charge in [-0.3, -0.25) is 0 Å². The summed E-state index contributed by atoms with van der Waals surface area (Å²) in [7, 11) is 0. The average Bonchev–Trinajstić information content (AvgIpc) is 2.81. The second-order valence-corrected chi connectivity index (χ2v) is 5.16. The Hall–Kier alpha value is -1.26. The van der Waals surface area contributed by atoms with Gasteiger partial charge in [0.2, 0.25) is 0 Å². The Morgan fingerprint density at radius 2 is 2.00 bits per heavy atom. The van der Waals surface area contributed by atoms with Crippen LogP contribution in [0.2, 0.25) is 5.02 Å². The lowest BCUT2D eigenvalue weighted by Gasteiger charge is -2.28. The van der Waals surface area contributed by atoms with E-state index < -0.39 is 0 Å². The average molecular weight is 268 g/mol. The van der Waals surface area contributed by atoms with Crippen LogP contribution in [0.4, 0.5) is 10.5 Å². The van der Waals surface area contributed by atoms with Gasteiger partial charge in [0.25, 0.3) is 0 Å². The number of para-hydroxylation sites is 1. The molecule has 2 amide bonds. The third-order valence-corrected chi connectivity index (χ3v) is 3.78. The van der Waals surface area contributed by atoms with Crippen LogP contribution in [-0.2, 0) is 0 Å². The fourth-order valence-electron chi connectivity index (χ4n) is 2.39. The maximum atomic E-state index is 11.9. The van der Waals surface area contributed by atoms with Crippen LogP contribution in [0.1, 0.15) is 25.7 Å². The van der Waals surface area contributed by atoms with Crippen molar-refractivity contribution in [2.24, 2.45) is 5.73 Å². The van der Waals surface area contributed by atoms with E-state index in [2.05, 4.69) is 10.6 Å². The molecule has 5 heteroatoms. The molecule has 0 bridgehead atoms. The van der Waals surface area contributed by atoms with E-state index in [0.717, 1.165) is 25.7 Å². The van der Waals surface area contributed by atoms with E-state index in [-0.39, 0.29) is 11.6 Å². The van der Waals surface area contributed by atoms with Gasteiger partial charge in [0.15, 0.2) is 0 Å². The number of urea groups is 1. The van der Waals surface area contributed by atoms with Gasteiger partial charge in [0.1, 0.15) is 0 Å². The minimum atomic E-state index is -0.245. The van der Waals surface area contributed by atoms with Gasteiger partial charge in [0.05, 0.1) is 16.2 Å². The van der Waals surface area contributed by atoms with Gasteiger partial charge in [-0.25, -0.2) is 4.79 Å². The number of amides is 2. The first kappa shape index (κ1) is 13.2. The summed E-state index contributed by atoms with van der Waals surface area (Å²) in [4.78, 5) is 11.9. The second kappa shape index (κ2) is 5.59. The highest BCUT2D eigenvalue weighted by Gasteiger charge is 2.33. The topological polar surface area (TPSA) is 67.1 Å². The Morgan fingerprint density at radius 1 is 1.33 bits per heavy atom. The van der Waals surface area contributed by atoms with E-state index in [1.807, 2.05) is 12.1 Å². The summed E-state index contributed by atoms with van der Waals surface area (Å²) in [5.74, 6) is 0. The monoisotopic (exact) mass is 267 g/mol. The van der Waals surface area contributed by atoms with Crippen molar-refractivity contribution >= 4 is 23.3 Å². The quantitative estimate of drug-likeness (QED) is 0.788. The lowest BCUT2D eigenvalue weighted by Crippen LogP contribution is -2.53. The SMILES string of the molecule is NCC1(NC(=O)Nc2ccccc2Cl)CCCC1. The van der Waals surface area contributed by atoms with Crippen LogP contribution in [0.15, 0.2) is 24.3 Å². The largest absolute Gasteiger partial charge is 0.331 e. The maximum absolute atomic E-state index is 11.9. The van der Waals surface area contributed by atoms with Crippen LogP contribution >= 0.6 is 11.6 Å². The normalized spacial score (nSPS) is 17.4. The number of carbonyl (C=O) groups is 1. The molecule has 0 spiro atoms. The third kappa shape index (κ3) is 2.94. The molecule has 1 aromatic rings. The van der Waals surface area contributed by atoms with Crippen LogP contribution in [0.3, 0.4) is 0 Å². The van der Waals surface area contributed by atoms with Gasteiger partial charge in [-0.1, -0.05) is 36.6 Å². The van der Waals surface area contributed by atoms with Crippen molar-refractivity contribution in [3.8, 4) is 0 Å². The van der Waals surface area contributed by atoms with Crippen molar-refractivity contribution in [1.82, 2.24) is 5.32 Å². The van der Waals surface area contributed by atoms with Crippen molar-refractivity contribution in [3.05, 3.63) is 29.3 Å². The molecule has 2 rings (SSSR count). The summed E-state index contributed by atoms with van der Waals surface area (Å²) in [5.41, 5.74) is 6.14. The number of nitrogens with two attached hydrogens (primary N) is 1. The summed E-state index contributed by atoms with van der Waals surface area (Å²) < 4.78 is 0. The lowest BCUT2D eigenvalue weighted by molar-refractivity contribution is 0.237.